The number of likely N-dealkylation sites (tertiary alicyclic amines) is 1. The third-order valence-electron chi connectivity index (χ3n) is 4.30. The summed E-state index contributed by atoms with van der Waals surface area (Å²) in [6.45, 7) is 3.61. The van der Waals surface area contributed by atoms with Gasteiger partial charge in [0.05, 0.1) is 11.7 Å². The number of carbonyl (C=O) groups is 1. The normalized spacial score (nSPS) is 18.2. The maximum absolute atomic E-state index is 12.0. The molecule has 1 aliphatic heterocycles. The van der Waals surface area contributed by atoms with E-state index in [1.807, 2.05) is 12.1 Å². The molecule has 0 unspecified atom stereocenters. The van der Waals surface area contributed by atoms with Crippen molar-refractivity contribution in [1.29, 1.82) is 0 Å². The smallest absolute Gasteiger partial charge is 0.263 e. The number of thiazole rings is 1. The number of benzene rings is 1. The van der Waals surface area contributed by atoms with Crippen molar-refractivity contribution in [3.8, 4) is 0 Å². The Labute approximate surface area is 142 Å². The van der Waals surface area contributed by atoms with Gasteiger partial charge in [0, 0.05) is 19.6 Å². The van der Waals surface area contributed by atoms with Gasteiger partial charge in [0.25, 0.3) is 5.91 Å². The predicted octanol–water partition coefficient (Wildman–Crippen LogP) is 1.93. The highest BCUT2D eigenvalue weighted by Gasteiger charge is 2.23. The molecule has 1 saturated heterocycles. The van der Waals surface area contributed by atoms with Crippen LogP contribution in [0.2, 0.25) is 0 Å². The highest BCUT2D eigenvalue weighted by atomic mass is 32.1. The first-order valence-corrected chi connectivity index (χ1v) is 8.76. The lowest BCUT2D eigenvalue weighted by Gasteiger charge is -2.16. The van der Waals surface area contributed by atoms with Crippen molar-refractivity contribution in [3.63, 3.8) is 0 Å². The summed E-state index contributed by atoms with van der Waals surface area (Å²) < 4.78 is 4.73. The van der Waals surface area contributed by atoms with Gasteiger partial charge in [-0.3, -0.25) is 14.7 Å². The van der Waals surface area contributed by atoms with Gasteiger partial charge in [-0.05, 0) is 46.9 Å². The summed E-state index contributed by atoms with van der Waals surface area (Å²) in [7, 11) is 0. The van der Waals surface area contributed by atoms with Gasteiger partial charge in [-0.2, -0.15) is 0 Å². The summed E-state index contributed by atoms with van der Waals surface area (Å²) in [5.41, 5.74) is 4.45. The van der Waals surface area contributed by atoms with Crippen LogP contribution >= 0.6 is 11.3 Å². The molecule has 4 rings (SSSR count). The standard InChI is InChI=1S/C16H17N5O2S/c22-16(15-7-17-10-24-15)18-6-12-3-4-21(9-12)8-11-1-2-13-14(5-11)20-23-19-13/h1-2,5,7,10,12H,3-4,6,8-9H2,(H,18,22)/t12-/m0/s1. The second-order valence-corrected chi connectivity index (χ2v) is 6.94. The number of amides is 1. The van der Waals surface area contributed by atoms with Gasteiger partial charge in [0.2, 0.25) is 0 Å². The number of fused-ring (bicyclic) bond motifs is 1. The zero-order valence-electron chi connectivity index (χ0n) is 13.0. The zero-order valence-corrected chi connectivity index (χ0v) is 13.8. The van der Waals surface area contributed by atoms with Gasteiger partial charge in [-0.25, -0.2) is 4.63 Å². The average molecular weight is 343 g/mol. The second-order valence-electron chi connectivity index (χ2n) is 6.05. The van der Waals surface area contributed by atoms with Gasteiger partial charge in [0.1, 0.15) is 15.9 Å². The van der Waals surface area contributed by atoms with Crippen LogP contribution in [0.1, 0.15) is 21.7 Å². The summed E-state index contributed by atoms with van der Waals surface area (Å²) in [5, 5.41) is 10.7. The van der Waals surface area contributed by atoms with Gasteiger partial charge in [-0.15, -0.1) is 11.3 Å². The van der Waals surface area contributed by atoms with Crippen LogP contribution in [0.4, 0.5) is 0 Å². The van der Waals surface area contributed by atoms with E-state index in [1.165, 1.54) is 16.9 Å². The van der Waals surface area contributed by atoms with Crippen LogP contribution in [-0.4, -0.2) is 45.7 Å². The largest absolute Gasteiger partial charge is 0.351 e. The molecule has 0 spiro atoms. The summed E-state index contributed by atoms with van der Waals surface area (Å²) in [5.74, 6) is 0.458. The number of rotatable bonds is 5. The van der Waals surface area contributed by atoms with Gasteiger partial charge >= 0.3 is 0 Å². The summed E-state index contributed by atoms with van der Waals surface area (Å²) >= 11 is 1.37. The monoisotopic (exact) mass is 343 g/mol. The molecular weight excluding hydrogens is 326 g/mol. The fraction of sp³-hybridized carbons (Fsp3) is 0.375. The molecule has 1 N–H and O–H groups in total. The Morgan fingerprint density at radius 2 is 2.29 bits per heavy atom. The van der Waals surface area contributed by atoms with Crippen molar-refractivity contribution in [2.75, 3.05) is 19.6 Å². The van der Waals surface area contributed by atoms with E-state index in [0.717, 1.165) is 37.1 Å². The fourth-order valence-corrected chi connectivity index (χ4v) is 3.60. The maximum atomic E-state index is 12.0. The maximum Gasteiger partial charge on any atom is 0.263 e. The van der Waals surface area contributed by atoms with Crippen LogP contribution in [0.3, 0.4) is 0 Å². The molecule has 3 aromatic rings. The number of nitrogens with one attached hydrogen (secondary N) is 1. The van der Waals surface area contributed by atoms with Gasteiger partial charge in [-0.1, -0.05) is 6.07 Å². The second kappa shape index (κ2) is 6.66. The molecular formula is C16H17N5O2S. The molecule has 1 atom stereocenters. The molecule has 8 heteroatoms. The molecule has 1 aromatic carbocycles. The van der Waals surface area contributed by atoms with Gasteiger partial charge in [0.15, 0.2) is 0 Å². The first-order chi connectivity index (χ1) is 11.8. The molecule has 24 heavy (non-hydrogen) atoms. The Hall–Kier alpha value is -2.32. The van der Waals surface area contributed by atoms with E-state index < -0.39 is 0 Å². The van der Waals surface area contributed by atoms with E-state index in [-0.39, 0.29) is 5.91 Å². The van der Waals surface area contributed by atoms with Crippen molar-refractivity contribution in [2.45, 2.75) is 13.0 Å². The van der Waals surface area contributed by atoms with Crippen LogP contribution in [0.15, 0.2) is 34.5 Å². The SMILES string of the molecule is O=C(NC[C@@H]1CCN(Cc2ccc3nonc3c2)C1)c1cncs1. The number of aromatic nitrogens is 3. The summed E-state index contributed by atoms with van der Waals surface area (Å²) in [4.78, 5) is 19.0. The highest BCUT2D eigenvalue weighted by molar-refractivity contribution is 7.11. The first-order valence-electron chi connectivity index (χ1n) is 7.88. The summed E-state index contributed by atoms with van der Waals surface area (Å²) in [6, 6.07) is 6.01. The third kappa shape index (κ3) is 3.29. The number of carbonyl (C=O) groups excluding carboxylic acids is 1. The minimum absolute atomic E-state index is 0.0278. The van der Waals surface area contributed by atoms with E-state index in [4.69, 9.17) is 4.63 Å². The van der Waals surface area contributed by atoms with Gasteiger partial charge < -0.3 is 5.32 Å². The lowest BCUT2D eigenvalue weighted by atomic mass is 10.1. The van der Waals surface area contributed by atoms with E-state index in [0.29, 0.717) is 17.3 Å². The molecule has 1 aliphatic rings. The minimum atomic E-state index is -0.0278. The van der Waals surface area contributed by atoms with E-state index >= 15 is 0 Å². The Balaban J connectivity index is 1.29. The third-order valence-corrected chi connectivity index (χ3v) is 5.07. The zero-order chi connectivity index (χ0) is 16.4. The number of nitrogens with zero attached hydrogens (tertiary/aromatic N) is 4. The first kappa shape index (κ1) is 15.2. The predicted molar refractivity (Wildman–Crippen MR) is 89.6 cm³/mol. The molecule has 0 saturated carbocycles. The van der Waals surface area contributed by atoms with Crippen molar-refractivity contribution >= 4 is 28.3 Å². The molecule has 3 heterocycles. The lowest BCUT2D eigenvalue weighted by molar-refractivity contribution is 0.0951. The van der Waals surface area contributed by atoms with E-state index in [2.05, 4.69) is 31.6 Å². The van der Waals surface area contributed by atoms with Crippen molar-refractivity contribution < 1.29 is 9.42 Å². The molecule has 7 nitrogen and oxygen atoms in total. The van der Waals surface area contributed by atoms with E-state index in [1.54, 1.807) is 11.7 Å². The topological polar surface area (TPSA) is 84.2 Å². The molecule has 124 valence electrons. The van der Waals surface area contributed by atoms with Crippen molar-refractivity contribution in [1.82, 2.24) is 25.5 Å². The van der Waals surface area contributed by atoms with Crippen LogP contribution in [0, 0.1) is 5.92 Å². The fourth-order valence-electron chi connectivity index (χ4n) is 3.06. The van der Waals surface area contributed by atoms with Crippen LogP contribution in [-0.2, 0) is 6.54 Å². The van der Waals surface area contributed by atoms with Crippen LogP contribution in [0.25, 0.3) is 11.0 Å². The number of hydrogen-bond donors (Lipinski definition) is 1. The van der Waals surface area contributed by atoms with Crippen LogP contribution in [0.5, 0.6) is 0 Å². The molecule has 1 amide bonds. The molecule has 2 aromatic heterocycles. The van der Waals surface area contributed by atoms with Crippen molar-refractivity contribution in [3.05, 3.63) is 40.3 Å². The lowest BCUT2D eigenvalue weighted by Crippen LogP contribution is -2.30. The Bertz CT molecular complexity index is 832. The summed E-state index contributed by atoms with van der Waals surface area (Å²) in [6.07, 6.45) is 2.70. The molecule has 0 bridgehead atoms. The highest BCUT2D eigenvalue weighted by Crippen LogP contribution is 2.20. The Kier molecular flexibility index (Phi) is 4.22. The Morgan fingerprint density at radius 1 is 1.38 bits per heavy atom. The minimum Gasteiger partial charge on any atom is -0.351 e. The quantitative estimate of drug-likeness (QED) is 0.762. The Morgan fingerprint density at radius 3 is 3.17 bits per heavy atom. The van der Waals surface area contributed by atoms with Crippen LogP contribution < -0.4 is 5.32 Å². The molecule has 0 aliphatic carbocycles. The van der Waals surface area contributed by atoms with E-state index in [9.17, 15) is 4.79 Å². The number of hydrogen-bond acceptors (Lipinski definition) is 7. The molecule has 0 radical (unpaired) electrons. The average Bonchev–Trinajstić information content (AvgIpc) is 3.33. The van der Waals surface area contributed by atoms with Crippen molar-refractivity contribution in [2.24, 2.45) is 5.92 Å². The molecule has 1 fully saturated rings.